The minimum absolute atomic E-state index is 0.0917. The van der Waals surface area contributed by atoms with Gasteiger partial charge in [-0.05, 0) is 26.0 Å². The normalized spacial score (nSPS) is 14.7. The molecule has 1 fully saturated rings. The maximum absolute atomic E-state index is 13.0. The zero-order valence-electron chi connectivity index (χ0n) is 20.6. The predicted molar refractivity (Wildman–Crippen MR) is 144 cm³/mol. The Hall–Kier alpha value is -3.49. The molecule has 1 aliphatic rings. The Labute approximate surface area is 215 Å². The van der Waals surface area contributed by atoms with Crippen molar-refractivity contribution >= 4 is 28.6 Å². The van der Waals surface area contributed by atoms with Gasteiger partial charge in [-0.15, -0.1) is 16.8 Å². The number of ether oxygens (including phenoxy) is 1. The highest BCUT2D eigenvalue weighted by Crippen LogP contribution is 2.34. The van der Waals surface area contributed by atoms with Gasteiger partial charge in [-0.2, -0.15) is 0 Å². The molecule has 1 unspecified atom stereocenters. The fourth-order valence-electron chi connectivity index (χ4n) is 4.35. The number of carbonyl (C=O) groups is 1. The quantitative estimate of drug-likeness (QED) is 0.263. The first-order chi connectivity index (χ1) is 17.5. The van der Waals surface area contributed by atoms with E-state index < -0.39 is 0 Å². The molecule has 0 aliphatic carbocycles. The number of para-hydroxylation sites is 1. The number of thioether (sulfide) groups is 1. The van der Waals surface area contributed by atoms with Crippen LogP contribution >= 0.6 is 11.8 Å². The molecule has 1 aliphatic heterocycles. The van der Waals surface area contributed by atoms with Crippen molar-refractivity contribution in [2.45, 2.75) is 30.8 Å². The number of hydrogen-bond donors (Lipinski definition) is 0. The van der Waals surface area contributed by atoms with E-state index in [1.807, 2.05) is 40.7 Å². The highest BCUT2D eigenvalue weighted by Gasteiger charge is 2.26. The smallest absolute Gasteiger partial charge is 0.236 e. The van der Waals surface area contributed by atoms with Crippen molar-refractivity contribution in [1.82, 2.24) is 24.6 Å². The third-order valence-corrected chi connectivity index (χ3v) is 7.35. The summed E-state index contributed by atoms with van der Waals surface area (Å²) in [7, 11) is 0. The van der Waals surface area contributed by atoms with Gasteiger partial charge in [0.25, 0.3) is 0 Å². The van der Waals surface area contributed by atoms with Crippen LogP contribution in [-0.4, -0.2) is 62.1 Å². The van der Waals surface area contributed by atoms with Crippen LogP contribution in [0.2, 0.25) is 0 Å². The van der Waals surface area contributed by atoms with Crippen molar-refractivity contribution in [3.8, 4) is 22.6 Å². The van der Waals surface area contributed by atoms with Crippen molar-refractivity contribution in [1.29, 1.82) is 0 Å². The monoisotopic (exact) mass is 499 g/mol. The summed E-state index contributed by atoms with van der Waals surface area (Å²) in [6, 6.07) is 18.5. The topological polar surface area (TPSA) is 73.1 Å². The molecule has 0 spiro atoms. The van der Waals surface area contributed by atoms with Gasteiger partial charge in [-0.1, -0.05) is 65.9 Å². The van der Waals surface area contributed by atoms with Gasteiger partial charge >= 0.3 is 0 Å². The molecule has 1 amide bonds. The van der Waals surface area contributed by atoms with E-state index >= 15 is 0 Å². The summed E-state index contributed by atoms with van der Waals surface area (Å²) in [6.07, 6.45) is 1.83. The van der Waals surface area contributed by atoms with E-state index in [9.17, 15) is 4.79 Å². The second-order valence-electron chi connectivity index (χ2n) is 8.84. The maximum Gasteiger partial charge on any atom is 0.236 e. The summed E-state index contributed by atoms with van der Waals surface area (Å²) >= 11 is 1.43. The van der Waals surface area contributed by atoms with Crippen LogP contribution in [0.5, 0.6) is 0 Å². The van der Waals surface area contributed by atoms with Gasteiger partial charge in [0.15, 0.2) is 11.0 Å². The van der Waals surface area contributed by atoms with E-state index in [1.54, 1.807) is 0 Å². The lowest BCUT2D eigenvalue weighted by molar-refractivity contribution is -0.134. The van der Waals surface area contributed by atoms with E-state index in [0.717, 1.165) is 33.5 Å². The molecule has 5 rings (SSSR count). The number of benzene rings is 2. The molecule has 36 heavy (non-hydrogen) atoms. The molecule has 1 saturated heterocycles. The first-order valence-corrected chi connectivity index (χ1v) is 13.0. The summed E-state index contributed by atoms with van der Waals surface area (Å²) < 4.78 is 7.42. The standard InChI is InChI=1S/C28H29N5O2S/c1-4-13-33-26(30-31-28(33)36-20(3)27(34)32-14-16-35-17-15-32)23-18-25(21-11-9-19(2)10-12-21)29-24-8-6-5-7-22(23)24/h4-12,18,20H,1,13-17H2,2-3H3. The van der Waals surface area contributed by atoms with E-state index in [1.165, 1.54) is 17.3 Å². The first-order valence-electron chi connectivity index (χ1n) is 12.1. The molecule has 1 atom stereocenters. The van der Waals surface area contributed by atoms with Crippen LogP contribution in [0, 0.1) is 6.92 Å². The van der Waals surface area contributed by atoms with Crippen molar-refractivity contribution in [3.63, 3.8) is 0 Å². The van der Waals surface area contributed by atoms with Gasteiger partial charge in [0, 0.05) is 36.1 Å². The summed E-state index contributed by atoms with van der Waals surface area (Å²) in [5.74, 6) is 0.824. The van der Waals surface area contributed by atoms with Crippen molar-refractivity contribution in [3.05, 3.63) is 72.8 Å². The van der Waals surface area contributed by atoms with Crippen molar-refractivity contribution < 1.29 is 9.53 Å². The minimum atomic E-state index is -0.291. The summed E-state index contributed by atoms with van der Waals surface area (Å²) in [6.45, 7) is 10.9. The number of aryl methyl sites for hydroxylation is 1. The van der Waals surface area contributed by atoms with E-state index in [4.69, 9.17) is 9.72 Å². The fourth-order valence-corrected chi connectivity index (χ4v) is 5.29. The molecule has 7 nitrogen and oxygen atoms in total. The van der Waals surface area contributed by atoms with Crippen LogP contribution in [0.3, 0.4) is 0 Å². The molecule has 3 heterocycles. The van der Waals surface area contributed by atoms with Crippen LogP contribution in [0.25, 0.3) is 33.5 Å². The van der Waals surface area contributed by atoms with Gasteiger partial charge < -0.3 is 9.64 Å². The van der Waals surface area contributed by atoms with Crippen LogP contribution in [0.4, 0.5) is 0 Å². The largest absolute Gasteiger partial charge is 0.378 e. The average molecular weight is 500 g/mol. The summed E-state index contributed by atoms with van der Waals surface area (Å²) in [4.78, 5) is 19.8. The average Bonchev–Trinajstić information content (AvgIpc) is 3.30. The Morgan fingerprint density at radius 2 is 1.89 bits per heavy atom. The van der Waals surface area contributed by atoms with E-state index in [2.05, 4.69) is 60.1 Å². The molecular weight excluding hydrogens is 470 g/mol. The van der Waals surface area contributed by atoms with Crippen molar-refractivity contribution in [2.75, 3.05) is 26.3 Å². The van der Waals surface area contributed by atoms with Gasteiger partial charge in [-0.25, -0.2) is 4.98 Å². The number of carbonyl (C=O) groups excluding carboxylic acids is 1. The molecule has 2 aromatic carbocycles. The third kappa shape index (κ3) is 4.92. The second-order valence-corrected chi connectivity index (χ2v) is 10.1. The lowest BCUT2D eigenvalue weighted by Crippen LogP contribution is -2.44. The highest BCUT2D eigenvalue weighted by atomic mass is 32.2. The van der Waals surface area contributed by atoms with E-state index in [-0.39, 0.29) is 11.2 Å². The SMILES string of the molecule is C=CCn1c(SC(C)C(=O)N2CCOCC2)nnc1-c1cc(-c2ccc(C)cc2)nc2ccccc12. The molecular formula is C28H29N5O2S. The van der Waals surface area contributed by atoms with Gasteiger partial charge in [0.1, 0.15) is 0 Å². The molecule has 0 bridgehead atoms. The Morgan fingerprint density at radius 1 is 1.14 bits per heavy atom. The summed E-state index contributed by atoms with van der Waals surface area (Å²) in [5, 5.41) is 10.5. The predicted octanol–water partition coefficient (Wildman–Crippen LogP) is 4.99. The number of allylic oxidation sites excluding steroid dienone is 1. The van der Waals surface area contributed by atoms with Crippen molar-refractivity contribution in [2.24, 2.45) is 0 Å². The summed E-state index contributed by atoms with van der Waals surface area (Å²) in [5.41, 5.74) is 4.96. The van der Waals surface area contributed by atoms with Gasteiger partial charge in [-0.3, -0.25) is 9.36 Å². The Balaban J connectivity index is 1.54. The number of fused-ring (bicyclic) bond motifs is 1. The molecule has 8 heteroatoms. The first kappa shape index (κ1) is 24.2. The Kier molecular flexibility index (Phi) is 7.16. The lowest BCUT2D eigenvalue weighted by atomic mass is 10.0. The number of hydrogen-bond acceptors (Lipinski definition) is 6. The van der Waals surface area contributed by atoms with Crippen LogP contribution < -0.4 is 0 Å². The number of morpholine rings is 1. The lowest BCUT2D eigenvalue weighted by Gasteiger charge is -2.28. The van der Waals surface area contributed by atoms with Crippen LogP contribution in [0.1, 0.15) is 12.5 Å². The molecule has 0 radical (unpaired) electrons. The second kappa shape index (κ2) is 10.6. The fraction of sp³-hybridized carbons (Fsp3) is 0.286. The van der Waals surface area contributed by atoms with Crippen LogP contribution in [0.15, 0.2) is 72.4 Å². The highest BCUT2D eigenvalue weighted by molar-refractivity contribution is 8.00. The van der Waals surface area contributed by atoms with Gasteiger partial charge in [0.05, 0.1) is 29.7 Å². The number of nitrogens with zero attached hydrogens (tertiary/aromatic N) is 5. The van der Waals surface area contributed by atoms with Gasteiger partial charge in [0.2, 0.25) is 5.91 Å². The third-order valence-electron chi connectivity index (χ3n) is 6.29. The Bertz CT molecular complexity index is 1390. The zero-order chi connectivity index (χ0) is 25.1. The Morgan fingerprint density at radius 3 is 2.64 bits per heavy atom. The molecule has 2 aromatic heterocycles. The molecule has 0 saturated carbocycles. The number of pyridine rings is 1. The van der Waals surface area contributed by atoms with E-state index in [0.29, 0.717) is 38.0 Å². The number of amides is 1. The van der Waals surface area contributed by atoms with Crippen LogP contribution in [-0.2, 0) is 16.1 Å². The number of aromatic nitrogens is 4. The number of rotatable bonds is 7. The molecule has 4 aromatic rings. The molecule has 0 N–H and O–H groups in total. The minimum Gasteiger partial charge on any atom is -0.378 e. The molecule has 184 valence electrons. The zero-order valence-corrected chi connectivity index (χ0v) is 21.4. The maximum atomic E-state index is 13.0.